The second kappa shape index (κ2) is 6.23. The molecule has 0 bridgehead atoms. The van der Waals surface area contributed by atoms with Gasteiger partial charge < -0.3 is 14.8 Å². The summed E-state index contributed by atoms with van der Waals surface area (Å²) < 4.78 is 8.55. The fourth-order valence-corrected chi connectivity index (χ4v) is 2.32. The zero-order chi connectivity index (χ0) is 12.1. The van der Waals surface area contributed by atoms with Gasteiger partial charge >= 0.3 is 0 Å². The highest BCUT2D eigenvalue weighted by atomic mass is 32.2. The van der Waals surface area contributed by atoms with Crippen LogP contribution in [-0.2, 0) is 4.74 Å². The average Bonchev–Trinajstić information content (AvgIpc) is 3.18. The van der Waals surface area contributed by atoms with E-state index in [9.17, 15) is 0 Å². The summed E-state index contributed by atoms with van der Waals surface area (Å²) in [6.45, 7) is 0.628. The van der Waals surface area contributed by atoms with Crippen LogP contribution in [0, 0.1) is 0 Å². The number of hydrogen-bond donors (Lipinski definition) is 2. The van der Waals surface area contributed by atoms with Crippen molar-refractivity contribution in [1.82, 2.24) is 10.3 Å². The number of nitrogens with zero attached hydrogens (tertiary/aromatic N) is 1. The third-order valence-corrected chi connectivity index (χ3v) is 3.85. The van der Waals surface area contributed by atoms with Crippen LogP contribution in [-0.4, -0.2) is 31.0 Å². The number of rotatable bonds is 7. The zero-order valence-corrected chi connectivity index (χ0v) is 11.1. The maximum Gasteiger partial charge on any atom is 0.0730 e. The molecule has 1 atom stereocenters. The van der Waals surface area contributed by atoms with E-state index in [1.165, 1.54) is 12.8 Å². The lowest BCUT2D eigenvalue weighted by molar-refractivity contribution is 0.169. The molecule has 0 radical (unpaired) electrons. The van der Waals surface area contributed by atoms with Gasteiger partial charge in [-0.15, -0.1) is 0 Å². The molecule has 2 N–H and O–H groups in total. The summed E-state index contributed by atoms with van der Waals surface area (Å²) in [7, 11) is 3.62. The molecule has 0 aliphatic heterocycles. The normalized spacial score (nSPS) is 16.8. The van der Waals surface area contributed by atoms with Crippen molar-refractivity contribution in [3.63, 3.8) is 0 Å². The molecule has 4 nitrogen and oxygen atoms in total. The number of pyridine rings is 1. The van der Waals surface area contributed by atoms with Gasteiger partial charge in [-0.25, -0.2) is 0 Å². The minimum absolute atomic E-state index is 0.146. The number of ether oxygens (including phenoxy) is 1. The first-order valence-electron chi connectivity index (χ1n) is 5.87. The summed E-state index contributed by atoms with van der Waals surface area (Å²) in [5, 5.41) is 4.00. The molecular formula is C12H19N3OS. The van der Waals surface area contributed by atoms with Gasteiger partial charge in [-0.2, -0.15) is 0 Å². The first-order valence-corrected chi connectivity index (χ1v) is 6.75. The number of hydrogen-bond acceptors (Lipinski definition) is 5. The Labute approximate surface area is 107 Å². The SMILES string of the molecule is CNC(COC)c1cc(NSC2CC2)ccn1. The van der Waals surface area contributed by atoms with Crippen LogP contribution in [0.3, 0.4) is 0 Å². The van der Waals surface area contributed by atoms with Crippen molar-refractivity contribution in [3.05, 3.63) is 24.0 Å². The van der Waals surface area contributed by atoms with Gasteiger partial charge in [-0.05, 0) is 44.0 Å². The Morgan fingerprint density at radius 1 is 1.59 bits per heavy atom. The Hall–Kier alpha value is -0.780. The molecule has 1 aromatic heterocycles. The Bertz CT molecular complexity index is 357. The Balaban J connectivity index is 1.97. The lowest BCUT2D eigenvalue weighted by Crippen LogP contribution is -2.22. The molecule has 0 amide bonds. The van der Waals surface area contributed by atoms with Gasteiger partial charge in [0.05, 0.1) is 18.3 Å². The second-order valence-electron chi connectivity index (χ2n) is 4.19. The van der Waals surface area contributed by atoms with E-state index in [-0.39, 0.29) is 6.04 Å². The largest absolute Gasteiger partial charge is 0.383 e. The van der Waals surface area contributed by atoms with E-state index < -0.39 is 0 Å². The molecular weight excluding hydrogens is 234 g/mol. The van der Waals surface area contributed by atoms with Gasteiger partial charge in [0.1, 0.15) is 0 Å². The lowest BCUT2D eigenvalue weighted by Gasteiger charge is -2.15. The van der Waals surface area contributed by atoms with E-state index in [2.05, 4.69) is 21.1 Å². The van der Waals surface area contributed by atoms with Crippen molar-refractivity contribution in [2.45, 2.75) is 24.1 Å². The maximum absolute atomic E-state index is 5.17. The Morgan fingerprint density at radius 2 is 2.41 bits per heavy atom. The van der Waals surface area contributed by atoms with Gasteiger partial charge in [0.2, 0.25) is 0 Å². The lowest BCUT2D eigenvalue weighted by atomic mass is 10.2. The predicted molar refractivity (Wildman–Crippen MR) is 72.1 cm³/mol. The third kappa shape index (κ3) is 3.87. The molecule has 94 valence electrons. The highest BCUT2D eigenvalue weighted by Gasteiger charge is 2.22. The molecule has 1 unspecified atom stereocenters. The summed E-state index contributed by atoms with van der Waals surface area (Å²) in [6.07, 6.45) is 4.50. The fraction of sp³-hybridized carbons (Fsp3) is 0.583. The number of anilines is 1. The summed E-state index contributed by atoms with van der Waals surface area (Å²) in [5.74, 6) is 0. The fourth-order valence-electron chi connectivity index (χ4n) is 1.52. The third-order valence-electron chi connectivity index (χ3n) is 2.69. The number of methoxy groups -OCH3 is 1. The van der Waals surface area contributed by atoms with Crippen LogP contribution in [0.15, 0.2) is 18.3 Å². The van der Waals surface area contributed by atoms with Crippen molar-refractivity contribution in [2.75, 3.05) is 25.5 Å². The van der Waals surface area contributed by atoms with Gasteiger partial charge in [-0.1, -0.05) is 0 Å². The molecule has 1 fully saturated rings. The molecule has 1 aliphatic rings. The van der Waals surface area contributed by atoms with E-state index in [0.717, 1.165) is 16.6 Å². The van der Waals surface area contributed by atoms with Crippen LogP contribution in [0.2, 0.25) is 0 Å². The molecule has 0 aromatic carbocycles. The topological polar surface area (TPSA) is 46.2 Å². The van der Waals surface area contributed by atoms with E-state index in [1.54, 1.807) is 7.11 Å². The molecule has 1 aliphatic carbocycles. The van der Waals surface area contributed by atoms with Crippen LogP contribution in [0.1, 0.15) is 24.6 Å². The van der Waals surface area contributed by atoms with Gasteiger partial charge in [0, 0.05) is 24.2 Å². The van der Waals surface area contributed by atoms with E-state index in [1.807, 2.05) is 31.3 Å². The number of aromatic nitrogens is 1. The molecule has 1 aromatic rings. The first kappa shape index (κ1) is 12.7. The van der Waals surface area contributed by atoms with Crippen LogP contribution in [0.5, 0.6) is 0 Å². The quantitative estimate of drug-likeness (QED) is 0.730. The highest BCUT2D eigenvalue weighted by molar-refractivity contribution is 8.01. The molecule has 17 heavy (non-hydrogen) atoms. The van der Waals surface area contributed by atoms with Crippen molar-refractivity contribution >= 4 is 17.6 Å². The zero-order valence-electron chi connectivity index (χ0n) is 10.3. The van der Waals surface area contributed by atoms with Crippen molar-refractivity contribution in [1.29, 1.82) is 0 Å². The van der Waals surface area contributed by atoms with Crippen LogP contribution < -0.4 is 10.0 Å². The smallest absolute Gasteiger partial charge is 0.0730 e. The monoisotopic (exact) mass is 253 g/mol. The molecule has 2 rings (SSSR count). The van der Waals surface area contributed by atoms with Crippen molar-refractivity contribution < 1.29 is 4.74 Å². The van der Waals surface area contributed by atoms with E-state index >= 15 is 0 Å². The maximum atomic E-state index is 5.17. The van der Waals surface area contributed by atoms with Gasteiger partial charge in [0.15, 0.2) is 0 Å². The van der Waals surface area contributed by atoms with Crippen LogP contribution in [0.4, 0.5) is 5.69 Å². The molecule has 5 heteroatoms. The molecule has 1 heterocycles. The van der Waals surface area contributed by atoms with Crippen molar-refractivity contribution in [2.24, 2.45) is 0 Å². The summed E-state index contributed by atoms with van der Waals surface area (Å²) >= 11 is 1.81. The first-order chi connectivity index (χ1) is 8.33. The number of nitrogens with one attached hydrogen (secondary N) is 2. The second-order valence-corrected chi connectivity index (χ2v) is 5.29. The van der Waals surface area contributed by atoms with Gasteiger partial charge in [0.25, 0.3) is 0 Å². The minimum atomic E-state index is 0.146. The van der Waals surface area contributed by atoms with Gasteiger partial charge in [-0.3, -0.25) is 4.98 Å². The predicted octanol–water partition coefficient (Wildman–Crippen LogP) is 2.21. The van der Waals surface area contributed by atoms with Crippen LogP contribution >= 0.6 is 11.9 Å². The molecule has 1 saturated carbocycles. The molecule has 0 saturated heterocycles. The Morgan fingerprint density at radius 3 is 3.06 bits per heavy atom. The van der Waals surface area contributed by atoms with Crippen molar-refractivity contribution in [3.8, 4) is 0 Å². The van der Waals surface area contributed by atoms with E-state index in [0.29, 0.717) is 6.61 Å². The highest BCUT2D eigenvalue weighted by Crippen LogP contribution is 2.34. The standard InChI is InChI=1S/C12H19N3OS/c1-13-12(8-16-2)11-7-9(5-6-14-11)15-17-10-3-4-10/h5-7,10,12-13H,3-4,8H2,1-2H3,(H,14,15). The summed E-state index contributed by atoms with van der Waals surface area (Å²) in [6, 6.07) is 4.22. The van der Waals surface area contributed by atoms with E-state index in [4.69, 9.17) is 4.74 Å². The summed E-state index contributed by atoms with van der Waals surface area (Å²) in [5.41, 5.74) is 2.12. The van der Waals surface area contributed by atoms with Crippen LogP contribution in [0.25, 0.3) is 0 Å². The number of likely N-dealkylation sites (N-methyl/N-ethyl adjacent to an activating group) is 1. The molecule has 0 spiro atoms. The Kier molecular flexibility index (Phi) is 4.65. The summed E-state index contributed by atoms with van der Waals surface area (Å²) in [4.78, 5) is 4.38. The minimum Gasteiger partial charge on any atom is -0.383 e. The average molecular weight is 253 g/mol.